The Morgan fingerprint density at radius 1 is 1.03 bits per heavy atom. The molecule has 1 aliphatic rings. The first kappa shape index (κ1) is 26.8. The van der Waals surface area contributed by atoms with Crippen molar-refractivity contribution in [2.45, 2.75) is 58.8 Å². The fourth-order valence-electron chi connectivity index (χ4n) is 4.76. The normalized spacial score (nSPS) is 13.4. The zero-order valence-electron chi connectivity index (χ0n) is 22.3. The molecule has 200 valence electrons. The zero-order chi connectivity index (χ0) is 26.9. The number of rotatable bonds is 8. The standard InChI is InChI=1S/C30H33BrN2O4S/c1-5-35-23-17-18(27-32-28(34)25-21-8-6-7-9-24(21)38-29(25)33-27)16-22(31)26(23)37-15-14-36-20-12-10-19(11-13-20)30(2,3)4/h10-13,16-17H,5-9,14-15H2,1-4H3,(H,32,33,34). The largest absolute Gasteiger partial charge is 0.490 e. The first-order valence-corrected chi connectivity index (χ1v) is 14.7. The predicted octanol–water partition coefficient (Wildman–Crippen LogP) is 7.45. The molecule has 2 aromatic heterocycles. The van der Waals surface area contributed by atoms with Crippen LogP contribution in [0, 0.1) is 0 Å². The van der Waals surface area contributed by atoms with E-state index in [0.717, 1.165) is 45.3 Å². The van der Waals surface area contributed by atoms with E-state index in [2.05, 4.69) is 53.8 Å². The van der Waals surface area contributed by atoms with E-state index in [1.54, 1.807) is 11.3 Å². The number of hydrogen-bond acceptors (Lipinski definition) is 6. The number of aromatic nitrogens is 2. The van der Waals surface area contributed by atoms with E-state index in [1.165, 1.54) is 22.4 Å². The van der Waals surface area contributed by atoms with Gasteiger partial charge in [-0.2, -0.15) is 0 Å². The molecule has 0 saturated heterocycles. The molecule has 0 fully saturated rings. The second-order valence-electron chi connectivity index (χ2n) is 10.5. The molecule has 0 spiro atoms. The third-order valence-electron chi connectivity index (χ3n) is 6.73. The molecule has 0 bridgehead atoms. The van der Waals surface area contributed by atoms with Gasteiger partial charge in [-0.05, 0) is 89.3 Å². The van der Waals surface area contributed by atoms with E-state index >= 15 is 0 Å². The van der Waals surface area contributed by atoms with Gasteiger partial charge in [0.15, 0.2) is 11.5 Å². The van der Waals surface area contributed by atoms with Crippen LogP contribution < -0.4 is 19.8 Å². The van der Waals surface area contributed by atoms with Crippen LogP contribution >= 0.6 is 27.3 Å². The maximum Gasteiger partial charge on any atom is 0.260 e. The number of H-pyrrole nitrogens is 1. The average molecular weight is 598 g/mol. The Labute approximate surface area is 235 Å². The van der Waals surface area contributed by atoms with Crippen molar-refractivity contribution in [1.82, 2.24) is 9.97 Å². The van der Waals surface area contributed by atoms with Gasteiger partial charge in [-0.25, -0.2) is 4.98 Å². The lowest BCUT2D eigenvalue weighted by atomic mass is 9.87. The first-order valence-electron chi connectivity index (χ1n) is 13.1. The molecule has 0 unspecified atom stereocenters. The van der Waals surface area contributed by atoms with Gasteiger partial charge in [0.05, 0.1) is 16.5 Å². The molecular formula is C30H33BrN2O4S. The van der Waals surface area contributed by atoms with Gasteiger partial charge < -0.3 is 19.2 Å². The van der Waals surface area contributed by atoms with Crippen molar-refractivity contribution in [2.24, 2.45) is 0 Å². The number of aromatic amines is 1. The van der Waals surface area contributed by atoms with E-state index in [4.69, 9.17) is 19.2 Å². The van der Waals surface area contributed by atoms with Crippen LogP contribution in [0.3, 0.4) is 0 Å². The van der Waals surface area contributed by atoms with Crippen LogP contribution in [0.25, 0.3) is 21.6 Å². The number of thiophene rings is 1. The summed E-state index contributed by atoms with van der Waals surface area (Å²) >= 11 is 5.29. The Bertz CT molecular complexity index is 1500. The SMILES string of the molecule is CCOc1cc(-c2nc3sc4c(c3c(=O)[nH]2)CCCC4)cc(Br)c1OCCOc1ccc(C(C)(C)C)cc1. The van der Waals surface area contributed by atoms with Crippen molar-refractivity contribution >= 4 is 37.5 Å². The van der Waals surface area contributed by atoms with Crippen LogP contribution in [0.5, 0.6) is 17.2 Å². The van der Waals surface area contributed by atoms with Gasteiger partial charge in [0.25, 0.3) is 5.56 Å². The van der Waals surface area contributed by atoms with Gasteiger partial charge in [0, 0.05) is 10.4 Å². The summed E-state index contributed by atoms with van der Waals surface area (Å²) in [5, 5.41) is 0.755. The Balaban J connectivity index is 1.33. The number of fused-ring (bicyclic) bond motifs is 3. The van der Waals surface area contributed by atoms with Gasteiger partial charge in [-0.3, -0.25) is 4.79 Å². The molecule has 4 aromatic rings. The van der Waals surface area contributed by atoms with Crippen molar-refractivity contribution in [2.75, 3.05) is 19.8 Å². The van der Waals surface area contributed by atoms with Gasteiger partial charge in [-0.1, -0.05) is 32.9 Å². The molecule has 5 rings (SSSR count). The van der Waals surface area contributed by atoms with Gasteiger partial charge in [-0.15, -0.1) is 11.3 Å². The Morgan fingerprint density at radius 3 is 2.50 bits per heavy atom. The number of halogens is 1. The third-order valence-corrected chi connectivity index (χ3v) is 8.50. The lowest BCUT2D eigenvalue weighted by Gasteiger charge is -2.19. The van der Waals surface area contributed by atoms with Crippen LogP contribution in [0.2, 0.25) is 0 Å². The fourth-order valence-corrected chi connectivity index (χ4v) is 6.58. The number of benzene rings is 2. The monoisotopic (exact) mass is 596 g/mol. The van der Waals surface area contributed by atoms with Gasteiger partial charge in [0.1, 0.15) is 29.6 Å². The van der Waals surface area contributed by atoms with Crippen LogP contribution in [-0.2, 0) is 18.3 Å². The maximum atomic E-state index is 13.1. The molecule has 1 aliphatic carbocycles. The summed E-state index contributed by atoms with van der Waals surface area (Å²) < 4.78 is 18.6. The van der Waals surface area contributed by atoms with Crippen molar-refractivity contribution in [3.05, 3.63) is 67.2 Å². The molecule has 0 amide bonds. The summed E-state index contributed by atoms with van der Waals surface area (Å²) in [6.45, 7) is 9.72. The fraction of sp³-hybridized carbons (Fsp3) is 0.400. The van der Waals surface area contributed by atoms with Crippen LogP contribution in [0.15, 0.2) is 45.7 Å². The van der Waals surface area contributed by atoms with Crippen molar-refractivity contribution < 1.29 is 14.2 Å². The molecule has 8 heteroatoms. The molecule has 6 nitrogen and oxygen atoms in total. The van der Waals surface area contributed by atoms with Gasteiger partial charge in [0.2, 0.25) is 0 Å². The molecule has 0 saturated carbocycles. The van der Waals surface area contributed by atoms with E-state index in [9.17, 15) is 4.79 Å². The first-order chi connectivity index (χ1) is 18.2. The predicted molar refractivity (Wildman–Crippen MR) is 157 cm³/mol. The summed E-state index contributed by atoms with van der Waals surface area (Å²) in [7, 11) is 0. The van der Waals surface area contributed by atoms with Crippen molar-refractivity contribution in [3.63, 3.8) is 0 Å². The van der Waals surface area contributed by atoms with Gasteiger partial charge >= 0.3 is 0 Å². The van der Waals surface area contributed by atoms with Crippen molar-refractivity contribution in [1.29, 1.82) is 0 Å². The molecule has 0 atom stereocenters. The van der Waals surface area contributed by atoms with E-state index in [0.29, 0.717) is 37.1 Å². The van der Waals surface area contributed by atoms with E-state index in [-0.39, 0.29) is 11.0 Å². The highest BCUT2D eigenvalue weighted by Crippen LogP contribution is 2.40. The molecule has 2 aromatic carbocycles. The van der Waals surface area contributed by atoms with E-state index < -0.39 is 0 Å². The second-order valence-corrected chi connectivity index (χ2v) is 12.4. The quantitative estimate of drug-likeness (QED) is 0.214. The highest BCUT2D eigenvalue weighted by Gasteiger charge is 2.21. The van der Waals surface area contributed by atoms with E-state index in [1.807, 2.05) is 31.2 Å². The topological polar surface area (TPSA) is 73.4 Å². The molecule has 2 heterocycles. The summed E-state index contributed by atoms with van der Waals surface area (Å²) in [5.74, 6) is 2.51. The molecule has 38 heavy (non-hydrogen) atoms. The van der Waals surface area contributed by atoms with Crippen molar-refractivity contribution in [3.8, 4) is 28.6 Å². The smallest absolute Gasteiger partial charge is 0.260 e. The highest BCUT2D eigenvalue weighted by atomic mass is 79.9. The Kier molecular flexibility index (Phi) is 7.82. The van der Waals surface area contributed by atoms with Crippen LogP contribution in [-0.4, -0.2) is 29.8 Å². The zero-order valence-corrected chi connectivity index (χ0v) is 24.7. The molecule has 0 aliphatic heterocycles. The Hall–Kier alpha value is -2.84. The second kappa shape index (κ2) is 11.1. The average Bonchev–Trinajstić information content (AvgIpc) is 3.26. The molecular weight excluding hydrogens is 564 g/mol. The molecule has 0 radical (unpaired) electrons. The molecule has 1 N–H and O–H groups in total. The number of ether oxygens (including phenoxy) is 3. The minimum absolute atomic E-state index is 0.0773. The number of aryl methyl sites for hydroxylation is 2. The number of nitrogens with one attached hydrogen (secondary N) is 1. The summed E-state index contributed by atoms with van der Waals surface area (Å²) in [4.78, 5) is 23.0. The minimum atomic E-state index is -0.0773. The third kappa shape index (κ3) is 5.61. The lowest BCUT2D eigenvalue weighted by molar-refractivity contribution is 0.207. The lowest BCUT2D eigenvalue weighted by Crippen LogP contribution is -2.12. The number of nitrogens with zero attached hydrogens (tertiary/aromatic N) is 1. The summed E-state index contributed by atoms with van der Waals surface area (Å²) in [6.07, 6.45) is 4.28. The number of hydrogen-bond donors (Lipinski definition) is 1. The Morgan fingerprint density at radius 2 is 1.76 bits per heavy atom. The highest BCUT2D eigenvalue weighted by molar-refractivity contribution is 9.10. The minimum Gasteiger partial charge on any atom is -0.490 e. The van der Waals surface area contributed by atoms with Crippen LogP contribution in [0.1, 0.15) is 56.5 Å². The summed E-state index contributed by atoms with van der Waals surface area (Å²) in [6, 6.07) is 11.9. The maximum absolute atomic E-state index is 13.1. The van der Waals surface area contributed by atoms with Crippen LogP contribution in [0.4, 0.5) is 0 Å². The summed E-state index contributed by atoms with van der Waals surface area (Å²) in [5.41, 5.74) is 3.23.